The van der Waals surface area contributed by atoms with Gasteiger partial charge in [-0.05, 0) is 58.5 Å². The van der Waals surface area contributed by atoms with E-state index in [0.29, 0.717) is 6.04 Å². The summed E-state index contributed by atoms with van der Waals surface area (Å²) in [4.78, 5) is 2.80. The average molecular weight is 372 g/mol. The van der Waals surface area contributed by atoms with Crippen LogP contribution in [0.25, 0.3) is 9.40 Å². The molecule has 0 fully saturated rings. The molecule has 3 rings (SSSR count). The monoisotopic (exact) mass is 371 g/mol. The Balaban J connectivity index is 2.02. The summed E-state index contributed by atoms with van der Waals surface area (Å²) in [6.07, 6.45) is 0. The van der Waals surface area contributed by atoms with Gasteiger partial charge in [0.1, 0.15) is 0 Å². The summed E-state index contributed by atoms with van der Waals surface area (Å²) >= 11 is 9.19. The summed E-state index contributed by atoms with van der Waals surface area (Å²) < 4.78 is 4.04. The second-order valence-corrected chi connectivity index (χ2v) is 8.86. The van der Waals surface area contributed by atoms with Crippen LogP contribution in [0.3, 0.4) is 0 Å². The topological polar surface area (TPSA) is 12.0 Å². The Labute approximate surface area is 133 Å². The summed E-state index contributed by atoms with van der Waals surface area (Å²) in [6.45, 7) is 5.29. The predicted octanol–water partition coefficient (Wildman–Crippen LogP) is 5.79. The van der Waals surface area contributed by atoms with Crippen LogP contribution in [0, 0.1) is 6.92 Å². The highest BCUT2D eigenvalue weighted by atomic mass is 79.9. The fourth-order valence-corrected chi connectivity index (χ4v) is 6.05. The molecule has 1 N–H and O–H groups in total. The van der Waals surface area contributed by atoms with Gasteiger partial charge in [0.15, 0.2) is 0 Å². The van der Waals surface area contributed by atoms with Crippen molar-refractivity contribution in [1.29, 1.82) is 0 Å². The maximum atomic E-state index is 3.63. The molecule has 5 heteroatoms. The number of thiophene rings is 3. The Morgan fingerprint density at radius 3 is 2.63 bits per heavy atom. The lowest BCUT2D eigenvalue weighted by Crippen LogP contribution is -2.20. The van der Waals surface area contributed by atoms with Gasteiger partial charge in [0.2, 0.25) is 0 Å². The van der Waals surface area contributed by atoms with E-state index in [1.54, 1.807) is 0 Å². The summed E-state index contributed by atoms with van der Waals surface area (Å²) in [5.74, 6) is 0. The van der Waals surface area contributed by atoms with Crippen molar-refractivity contribution in [3.05, 3.63) is 42.7 Å². The van der Waals surface area contributed by atoms with Crippen LogP contribution in [0.4, 0.5) is 0 Å². The standard InChI is InChI=1S/C14H14BrNS3/c1-3-16-13(11-6-8(2)14(15)19-11)12-7-10-9(18-12)4-5-17-10/h4-7,13,16H,3H2,1-2H3. The average Bonchev–Trinajstić information content (AvgIpc) is 3.02. The second kappa shape index (κ2) is 5.66. The molecule has 0 bridgehead atoms. The molecule has 100 valence electrons. The number of nitrogens with one attached hydrogen (secondary N) is 1. The molecule has 0 aromatic carbocycles. The molecule has 0 saturated heterocycles. The van der Waals surface area contributed by atoms with Crippen LogP contribution < -0.4 is 5.32 Å². The maximum absolute atomic E-state index is 3.63. The first-order valence-corrected chi connectivity index (χ1v) is 9.45. The Kier molecular flexibility index (Phi) is 4.10. The Bertz CT molecular complexity index is 646. The third-order valence-corrected chi connectivity index (χ3v) is 7.37. The van der Waals surface area contributed by atoms with Crippen LogP contribution in [0.2, 0.25) is 0 Å². The van der Waals surface area contributed by atoms with E-state index in [9.17, 15) is 0 Å². The summed E-state index contributed by atoms with van der Waals surface area (Å²) in [6, 6.07) is 7.16. The van der Waals surface area contributed by atoms with Crippen molar-refractivity contribution in [2.75, 3.05) is 6.54 Å². The molecule has 1 nitrogen and oxygen atoms in total. The molecule has 1 unspecified atom stereocenters. The number of fused-ring (bicyclic) bond motifs is 1. The van der Waals surface area contributed by atoms with Crippen LogP contribution in [0.5, 0.6) is 0 Å². The molecular weight excluding hydrogens is 358 g/mol. The fourth-order valence-electron chi connectivity index (χ4n) is 2.10. The first kappa shape index (κ1) is 13.8. The number of hydrogen-bond acceptors (Lipinski definition) is 4. The molecule has 0 spiro atoms. The zero-order valence-electron chi connectivity index (χ0n) is 10.7. The van der Waals surface area contributed by atoms with Gasteiger partial charge < -0.3 is 5.32 Å². The number of hydrogen-bond donors (Lipinski definition) is 1. The van der Waals surface area contributed by atoms with Gasteiger partial charge in [0.25, 0.3) is 0 Å². The van der Waals surface area contributed by atoms with Gasteiger partial charge in [-0.15, -0.1) is 34.0 Å². The molecule has 0 aliphatic rings. The van der Waals surface area contributed by atoms with Crippen molar-refractivity contribution in [1.82, 2.24) is 5.32 Å². The van der Waals surface area contributed by atoms with Crippen LogP contribution in [-0.4, -0.2) is 6.54 Å². The SMILES string of the molecule is CCNC(c1cc(C)c(Br)s1)c1cc2sccc2s1. The Morgan fingerprint density at radius 2 is 2.00 bits per heavy atom. The molecule has 1 atom stereocenters. The molecule has 0 amide bonds. The minimum absolute atomic E-state index is 0.324. The quantitative estimate of drug-likeness (QED) is 0.611. The normalized spacial score (nSPS) is 13.2. The van der Waals surface area contributed by atoms with Crippen LogP contribution >= 0.6 is 49.9 Å². The zero-order chi connectivity index (χ0) is 13.4. The van der Waals surface area contributed by atoms with Gasteiger partial charge in [-0.3, -0.25) is 0 Å². The maximum Gasteiger partial charge on any atom is 0.0766 e. The number of aryl methyl sites for hydroxylation is 1. The Morgan fingerprint density at radius 1 is 1.21 bits per heavy atom. The van der Waals surface area contributed by atoms with Crippen molar-refractivity contribution in [2.24, 2.45) is 0 Å². The molecule has 3 aromatic rings. The second-order valence-electron chi connectivity index (χ2n) is 4.39. The van der Waals surface area contributed by atoms with Gasteiger partial charge in [-0.25, -0.2) is 0 Å². The van der Waals surface area contributed by atoms with Crippen molar-refractivity contribution in [3.63, 3.8) is 0 Å². The molecule has 0 radical (unpaired) electrons. The molecule has 0 aliphatic heterocycles. The Hall–Kier alpha value is -0.200. The van der Waals surface area contributed by atoms with Crippen LogP contribution in [-0.2, 0) is 0 Å². The molecule has 3 heterocycles. The molecule has 0 saturated carbocycles. The van der Waals surface area contributed by atoms with E-state index in [2.05, 4.69) is 58.7 Å². The van der Waals surface area contributed by atoms with E-state index < -0.39 is 0 Å². The van der Waals surface area contributed by atoms with Crippen LogP contribution in [0.1, 0.15) is 28.3 Å². The number of rotatable bonds is 4. The minimum atomic E-state index is 0.324. The molecular formula is C14H14BrNS3. The van der Waals surface area contributed by atoms with E-state index in [1.165, 1.54) is 28.5 Å². The van der Waals surface area contributed by atoms with Gasteiger partial charge in [-0.1, -0.05) is 6.92 Å². The van der Waals surface area contributed by atoms with Crippen LogP contribution in [0.15, 0.2) is 27.4 Å². The summed E-state index contributed by atoms with van der Waals surface area (Å²) in [5.41, 5.74) is 1.32. The van der Waals surface area contributed by atoms with Crippen molar-refractivity contribution < 1.29 is 0 Å². The van der Waals surface area contributed by atoms with Crippen molar-refractivity contribution in [3.8, 4) is 0 Å². The highest BCUT2D eigenvalue weighted by molar-refractivity contribution is 9.11. The third-order valence-electron chi connectivity index (χ3n) is 3.01. The third kappa shape index (κ3) is 2.67. The lowest BCUT2D eigenvalue weighted by atomic mass is 10.2. The highest BCUT2D eigenvalue weighted by Gasteiger charge is 2.19. The summed E-state index contributed by atoms with van der Waals surface area (Å²) in [7, 11) is 0. The highest BCUT2D eigenvalue weighted by Crippen LogP contribution is 2.39. The smallest absolute Gasteiger partial charge is 0.0766 e. The van der Waals surface area contributed by atoms with Crippen molar-refractivity contribution >= 4 is 59.3 Å². The van der Waals surface area contributed by atoms with Gasteiger partial charge in [0.05, 0.1) is 9.83 Å². The first-order valence-electron chi connectivity index (χ1n) is 6.15. The van der Waals surface area contributed by atoms with Gasteiger partial charge >= 0.3 is 0 Å². The van der Waals surface area contributed by atoms with Gasteiger partial charge in [-0.2, -0.15) is 0 Å². The van der Waals surface area contributed by atoms with E-state index in [0.717, 1.165) is 6.54 Å². The van der Waals surface area contributed by atoms with E-state index in [-0.39, 0.29) is 0 Å². The predicted molar refractivity (Wildman–Crippen MR) is 92.0 cm³/mol. The largest absolute Gasteiger partial charge is 0.305 e. The van der Waals surface area contributed by atoms with Crippen molar-refractivity contribution in [2.45, 2.75) is 19.9 Å². The summed E-state index contributed by atoms with van der Waals surface area (Å²) in [5, 5.41) is 5.78. The lowest BCUT2D eigenvalue weighted by Gasteiger charge is -2.14. The molecule has 0 aliphatic carbocycles. The van der Waals surface area contributed by atoms with E-state index >= 15 is 0 Å². The lowest BCUT2D eigenvalue weighted by molar-refractivity contribution is 0.649. The fraction of sp³-hybridized carbons (Fsp3) is 0.286. The molecule has 3 aromatic heterocycles. The zero-order valence-corrected chi connectivity index (χ0v) is 14.7. The van der Waals surface area contributed by atoms with E-state index in [1.807, 2.05) is 34.0 Å². The van der Waals surface area contributed by atoms with E-state index in [4.69, 9.17) is 0 Å². The minimum Gasteiger partial charge on any atom is -0.305 e. The first-order chi connectivity index (χ1) is 9.19. The number of halogens is 1. The van der Waals surface area contributed by atoms with Gasteiger partial charge in [0, 0.05) is 19.2 Å². The molecule has 19 heavy (non-hydrogen) atoms.